The molecule has 0 N–H and O–H groups in total. The molecular formula is C19H16F2N2O3S2. The summed E-state index contributed by atoms with van der Waals surface area (Å²) in [6, 6.07) is 9.31. The normalized spacial score (nSPS) is 10.7. The zero-order valence-corrected chi connectivity index (χ0v) is 16.7. The number of ether oxygens (including phenoxy) is 2. The van der Waals surface area contributed by atoms with E-state index in [-0.39, 0.29) is 6.61 Å². The van der Waals surface area contributed by atoms with Crippen LogP contribution in [0.4, 0.5) is 8.78 Å². The molecule has 3 rings (SSSR count). The molecule has 0 atom stereocenters. The number of hydrogen-bond donors (Lipinski definition) is 0. The van der Waals surface area contributed by atoms with E-state index in [2.05, 4.69) is 14.9 Å². The number of benzene rings is 2. The molecule has 1 aromatic heterocycles. The van der Waals surface area contributed by atoms with Gasteiger partial charge >= 0.3 is 5.97 Å². The van der Waals surface area contributed by atoms with Crippen LogP contribution in [0.25, 0.3) is 10.6 Å². The first kappa shape index (κ1) is 20.2. The van der Waals surface area contributed by atoms with E-state index in [1.54, 1.807) is 17.8 Å². The molecule has 0 saturated carbocycles. The van der Waals surface area contributed by atoms with Crippen molar-refractivity contribution in [3.8, 4) is 16.3 Å². The van der Waals surface area contributed by atoms with Crippen LogP contribution < -0.4 is 4.74 Å². The molecule has 0 amide bonds. The third kappa shape index (κ3) is 5.05. The summed E-state index contributed by atoms with van der Waals surface area (Å²) in [5.41, 5.74) is 1.39. The average Bonchev–Trinajstić information content (AvgIpc) is 3.16. The summed E-state index contributed by atoms with van der Waals surface area (Å²) in [4.78, 5) is 12.2. The third-order valence-electron chi connectivity index (χ3n) is 3.72. The molecule has 0 unspecified atom stereocenters. The minimum atomic E-state index is -0.909. The highest BCUT2D eigenvalue weighted by atomic mass is 32.2. The quantitative estimate of drug-likeness (QED) is 0.409. The van der Waals surface area contributed by atoms with Gasteiger partial charge in [-0.25, -0.2) is 13.6 Å². The number of esters is 1. The summed E-state index contributed by atoms with van der Waals surface area (Å²) >= 11 is 2.90. The second-order valence-corrected chi connectivity index (χ2v) is 7.82. The number of nitrogens with zero attached hydrogens (tertiary/aromatic N) is 2. The van der Waals surface area contributed by atoms with Gasteiger partial charge in [-0.15, -0.1) is 22.0 Å². The molecular weight excluding hydrogens is 406 g/mol. The highest BCUT2D eigenvalue weighted by Crippen LogP contribution is 2.31. The Kier molecular flexibility index (Phi) is 6.58. The van der Waals surface area contributed by atoms with E-state index in [0.717, 1.165) is 27.6 Å². The van der Waals surface area contributed by atoms with Gasteiger partial charge in [-0.05, 0) is 48.9 Å². The Morgan fingerprint density at radius 2 is 1.96 bits per heavy atom. The number of aromatic nitrogens is 2. The van der Waals surface area contributed by atoms with Gasteiger partial charge in [-0.3, -0.25) is 0 Å². The highest BCUT2D eigenvalue weighted by molar-refractivity contribution is 7.98. The van der Waals surface area contributed by atoms with Gasteiger partial charge in [0.25, 0.3) is 0 Å². The summed E-state index contributed by atoms with van der Waals surface area (Å²) in [7, 11) is 1.31. The fraction of sp³-hybridized carbons (Fsp3) is 0.211. The number of carbonyl (C=O) groups is 1. The first-order valence-electron chi connectivity index (χ1n) is 8.17. The molecule has 0 aliphatic rings. The number of carbonyl (C=O) groups excluding carboxylic acids is 1. The maximum Gasteiger partial charge on any atom is 0.343 e. The van der Waals surface area contributed by atoms with Crippen LogP contribution in [0.3, 0.4) is 0 Å². The van der Waals surface area contributed by atoms with Gasteiger partial charge in [0, 0.05) is 10.5 Å². The molecule has 2 aromatic carbocycles. The molecule has 3 aromatic rings. The fourth-order valence-corrected chi connectivity index (χ4v) is 4.09. The maximum atomic E-state index is 13.4. The van der Waals surface area contributed by atoms with Crippen molar-refractivity contribution in [1.29, 1.82) is 0 Å². The number of hydrogen-bond acceptors (Lipinski definition) is 7. The number of methoxy groups -OCH3 is 1. The van der Waals surface area contributed by atoms with Crippen LogP contribution >= 0.6 is 23.1 Å². The topological polar surface area (TPSA) is 61.3 Å². The van der Waals surface area contributed by atoms with E-state index < -0.39 is 17.6 Å². The molecule has 0 spiro atoms. The number of aryl methyl sites for hydroxylation is 1. The van der Waals surface area contributed by atoms with Gasteiger partial charge in [0.05, 0.1) is 12.9 Å². The minimum absolute atomic E-state index is 0.138. The number of thioether (sulfide) groups is 1. The van der Waals surface area contributed by atoms with Crippen molar-refractivity contribution in [2.24, 2.45) is 0 Å². The average molecular weight is 422 g/mol. The van der Waals surface area contributed by atoms with Crippen molar-refractivity contribution in [3.63, 3.8) is 0 Å². The second-order valence-electron chi connectivity index (χ2n) is 5.71. The molecule has 146 valence electrons. The molecule has 0 aliphatic carbocycles. The van der Waals surface area contributed by atoms with E-state index in [4.69, 9.17) is 4.74 Å². The summed E-state index contributed by atoms with van der Waals surface area (Å²) in [5, 5.41) is 9.48. The lowest BCUT2D eigenvalue weighted by Gasteiger charge is -2.09. The fourth-order valence-electron chi connectivity index (χ4n) is 2.27. The van der Waals surface area contributed by atoms with Crippen LogP contribution in [0.5, 0.6) is 5.75 Å². The van der Waals surface area contributed by atoms with E-state index >= 15 is 0 Å². The smallest absolute Gasteiger partial charge is 0.343 e. The molecule has 0 saturated heterocycles. The van der Waals surface area contributed by atoms with Gasteiger partial charge < -0.3 is 9.47 Å². The SMILES string of the molecule is COC(=O)COc1ccc(SCc2nnc(-c3ccc(F)c(F)c3)s2)cc1C. The number of rotatable bonds is 7. The maximum absolute atomic E-state index is 13.4. The van der Waals surface area contributed by atoms with Crippen molar-refractivity contribution >= 4 is 29.1 Å². The monoisotopic (exact) mass is 422 g/mol. The Labute approximate surface area is 168 Å². The molecule has 5 nitrogen and oxygen atoms in total. The van der Waals surface area contributed by atoms with Gasteiger partial charge in [0.1, 0.15) is 15.8 Å². The molecule has 0 aliphatic heterocycles. The first-order valence-corrected chi connectivity index (χ1v) is 9.97. The second kappa shape index (κ2) is 9.11. The predicted molar refractivity (Wildman–Crippen MR) is 104 cm³/mol. The Morgan fingerprint density at radius 1 is 1.14 bits per heavy atom. The summed E-state index contributed by atoms with van der Waals surface area (Å²) in [6.07, 6.45) is 0. The molecule has 1 heterocycles. The Hall–Kier alpha value is -2.52. The Morgan fingerprint density at radius 3 is 2.68 bits per heavy atom. The predicted octanol–water partition coefficient (Wildman–Crippen LogP) is 4.64. The largest absolute Gasteiger partial charge is 0.482 e. The van der Waals surface area contributed by atoms with E-state index in [1.807, 2.05) is 19.1 Å². The third-order valence-corrected chi connectivity index (χ3v) is 5.88. The van der Waals surface area contributed by atoms with Gasteiger partial charge in [0.15, 0.2) is 18.2 Å². The van der Waals surface area contributed by atoms with Crippen molar-refractivity contribution < 1.29 is 23.0 Å². The van der Waals surface area contributed by atoms with Crippen LogP contribution in [0.15, 0.2) is 41.3 Å². The molecule has 0 fully saturated rings. The van der Waals surface area contributed by atoms with Crippen molar-refractivity contribution in [1.82, 2.24) is 10.2 Å². The van der Waals surface area contributed by atoms with Crippen molar-refractivity contribution in [3.05, 3.63) is 58.6 Å². The summed E-state index contributed by atoms with van der Waals surface area (Å²) in [6.45, 7) is 1.75. The van der Waals surface area contributed by atoms with Crippen LogP contribution in [0.1, 0.15) is 10.6 Å². The zero-order chi connectivity index (χ0) is 20.1. The Bertz CT molecular complexity index is 995. The minimum Gasteiger partial charge on any atom is -0.482 e. The summed E-state index contributed by atoms with van der Waals surface area (Å²) < 4.78 is 36.4. The molecule has 9 heteroatoms. The van der Waals surface area contributed by atoms with Crippen LogP contribution in [0, 0.1) is 18.6 Å². The highest BCUT2D eigenvalue weighted by Gasteiger charge is 2.11. The van der Waals surface area contributed by atoms with Gasteiger partial charge in [-0.2, -0.15) is 0 Å². The summed E-state index contributed by atoms with van der Waals surface area (Å²) in [5.74, 6) is -1.03. The van der Waals surface area contributed by atoms with Gasteiger partial charge in [-0.1, -0.05) is 11.3 Å². The van der Waals surface area contributed by atoms with Crippen LogP contribution in [0.2, 0.25) is 0 Å². The lowest BCUT2D eigenvalue weighted by molar-refractivity contribution is -0.142. The first-order chi connectivity index (χ1) is 13.5. The van der Waals surface area contributed by atoms with Crippen molar-refractivity contribution in [2.45, 2.75) is 17.6 Å². The van der Waals surface area contributed by atoms with Crippen LogP contribution in [-0.4, -0.2) is 29.9 Å². The van der Waals surface area contributed by atoms with Crippen LogP contribution in [-0.2, 0) is 15.3 Å². The lowest BCUT2D eigenvalue weighted by atomic mass is 10.2. The van der Waals surface area contributed by atoms with E-state index in [1.165, 1.54) is 24.5 Å². The number of halogens is 2. The Balaban J connectivity index is 1.61. The molecule has 0 radical (unpaired) electrons. The molecule has 28 heavy (non-hydrogen) atoms. The van der Waals surface area contributed by atoms with E-state index in [9.17, 15) is 13.6 Å². The van der Waals surface area contributed by atoms with Gasteiger partial charge in [0.2, 0.25) is 0 Å². The molecule has 0 bridgehead atoms. The van der Waals surface area contributed by atoms with Crippen molar-refractivity contribution in [2.75, 3.05) is 13.7 Å². The lowest BCUT2D eigenvalue weighted by Crippen LogP contribution is -2.12. The standard InChI is InChI=1S/C19H16F2N2O3S2/c1-11-7-13(4-6-16(11)26-9-18(24)25-2)27-10-17-22-23-19(28-17)12-3-5-14(20)15(21)8-12/h3-8H,9-10H2,1-2H3. The zero-order valence-electron chi connectivity index (χ0n) is 15.1. The van der Waals surface area contributed by atoms with E-state index in [0.29, 0.717) is 22.1 Å².